The van der Waals surface area contributed by atoms with Crippen LogP contribution in [0.1, 0.15) is 11.1 Å². The molecule has 108 valence electrons. The van der Waals surface area contributed by atoms with Crippen LogP contribution in [0.2, 0.25) is 0 Å². The second-order valence-electron chi connectivity index (χ2n) is 5.48. The zero-order valence-corrected chi connectivity index (χ0v) is 12.3. The van der Waals surface area contributed by atoms with Crippen LogP contribution in [0.25, 0.3) is 33.3 Å². The minimum absolute atomic E-state index is 0.351. The maximum Gasteiger partial charge on any atom is 0.347 e. The van der Waals surface area contributed by atoms with E-state index in [2.05, 4.69) is 9.97 Å². The molecule has 0 aliphatic rings. The Balaban J connectivity index is 2.07. The predicted molar refractivity (Wildman–Crippen MR) is 87.0 cm³/mol. The van der Waals surface area contributed by atoms with E-state index in [4.69, 9.17) is 4.42 Å². The fraction of sp³-hybridized carbons (Fsp3) is 0.111. The van der Waals surface area contributed by atoms with Crippen LogP contribution in [0.15, 0.2) is 51.8 Å². The van der Waals surface area contributed by atoms with Gasteiger partial charge in [0.15, 0.2) is 0 Å². The molecule has 2 aromatic carbocycles. The highest BCUT2D eigenvalue weighted by molar-refractivity contribution is 5.95. The maximum absolute atomic E-state index is 12.2. The summed E-state index contributed by atoms with van der Waals surface area (Å²) in [4.78, 5) is 20.0. The van der Waals surface area contributed by atoms with Gasteiger partial charge in [0, 0.05) is 17.1 Å². The minimum Gasteiger partial charge on any atom is -0.403 e. The molecular weight excluding hydrogens is 276 g/mol. The van der Waals surface area contributed by atoms with Crippen molar-refractivity contribution >= 4 is 21.8 Å². The van der Waals surface area contributed by atoms with Gasteiger partial charge in [-0.25, -0.2) is 9.78 Å². The highest BCUT2D eigenvalue weighted by atomic mass is 16.4. The van der Waals surface area contributed by atoms with Crippen molar-refractivity contribution in [3.63, 3.8) is 0 Å². The second-order valence-corrected chi connectivity index (χ2v) is 5.48. The summed E-state index contributed by atoms with van der Waals surface area (Å²) in [6.45, 7) is 3.98. The van der Waals surface area contributed by atoms with Gasteiger partial charge in [-0.05, 0) is 31.0 Å². The van der Waals surface area contributed by atoms with Crippen LogP contribution in [0.4, 0.5) is 0 Å². The molecule has 0 atom stereocenters. The molecule has 1 N–H and O–H groups in total. The van der Waals surface area contributed by atoms with Gasteiger partial charge >= 0.3 is 5.63 Å². The van der Waals surface area contributed by atoms with Gasteiger partial charge in [-0.3, -0.25) is 0 Å². The molecule has 0 radical (unpaired) electrons. The van der Waals surface area contributed by atoms with Gasteiger partial charge in [-0.15, -0.1) is 0 Å². The van der Waals surface area contributed by atoms with Crippen LogP contribution in [0.3, 0.4) is 0 Å². The third-order valence-electron chi connectivity index (χ3n) is 4.01. The summed E-state index contributed by atoms with van der Waals surface area (Å²) in [5.41, 5.74) is 4.28. The number of benzene rings is 2. The first-order valence-electron chi connectivity index (χ1n) is 7.12. The van der Waals surface area contributed by atoms with Crippen molar-refractivity contribution in [1.29, 1.82) is 0 Å². The lowest BCUT2D eigenvalue weighted by Crippen LogP contribution is -2.03. The van der Waals surface area contributed by atoms with Crippen LogP contribution in [0, 0.1) is 13.8 Å². The van der Waals surface area contributed by atoms with Gasteiger partial charge in [0.1, 0.15) is 0 Å². The van der Waals surface area contributed by atoms with Gasteiger partial charge in [0.05, 0.1) is 16.5 Å². The first-order valence-corrected chi connectivity index (χ1v) is 7.12. The lowest BCUT2D eigenvalue weighted by molar-refractivity contribution is 0.519. The number of aryl methyl sites for hydroxylation is 2. The van der Waals surface area contributed by atoms with Crippen molar-refractivity contribution in [1.82, 2.24) is 9.97 Å². The lowest BCUT2D eigenvalue weighted by atomic mass is 10.1. The van der Waals surface area contributed by atoms with Gasteiger partial charge in [0.25, 0.3) is 0 Å². The topological polar surface area (TPSA) is 58.9 Å². The molecule has 0 amide bonds. The minimum atomic E-state index is -0.356. The SMILES string of the molecule is Cc1cccc2c(=O)oc(-c3c[nH]c4c(C)cccc34)nc12. The Labute approximate surface area is 126 Å². The van der Waals surface area contributed by atoms with Crippen molar-refractivity contribution < 1.29 is 4.42 Å². The molecule has 0 unspecified atom stereocenters. The molecule has 2 aromatic heterocycles. The van der Waals surface area contributed by atoms with Crippen molar-refractivity contribution in [2.24, 2.45) is 0 Å². The molecule has 4 nitrogen and oxygen atoms in total. The Hall–Kier alpha value is -2.88. The monoisotopic (exact) mass is 290 g/mol. The Bertz CT molecular complexity index is 1070. The highest BCUT2D eigenvalue weighted by Gasteiger charge is 2.14. The number of fused-ring (bicyclic) bond motifs is 2. The summed E-state index contributed by atoms with van der Waals surface area (Å²) < 4.78 is 5.45. The van der Waals surface area contributed by atoms with E-state index in [0.29, 0.717) is 16.8 Å². The summed E-state index contributed by atoms with van der Waals surface area (Å²) in [5, 5.41) is 1.52. The van der Waals surface area contributed by atoms with E-state index in [0.717, 1.165) is 27.6 Å². The molecule has 4 rings (SSSR count). The molecule has 4 heteroatoms. The van der Waals surface area contributed by atoms with Gasteiger partial charge in [-0.2, -0.15) is 0 Å². The summed E-state index contributed by atoms with van der Waals surface area (Å²) >= 11 is 0. The Kier molecular flexibility index (Phi) is 2.66. The number of aromatic nitrogens is 2. The van der Waals surface area contributed by atoms with Crippen LogP contribution < -0.4 is 5.63 Å². The average Bonchev–Trinajstić information content (AvgIpc) is 2.94. The van der Waals surface area contributed by atoms with E-state index in [9.17, 15) is 4.79 Å². The van der Waals surface area contributed by atoms with Crippen molar-refractivity contribution in [2.75, 3.05) is 0 Å². The summed E-state index contributed by atoms with van der Waals surface area (Å²) in [7, 11) is 0. The standard InChI is InChI=1S/C18H14N2O2/c1-10-5-3-7-12-14(9-19-15(10)12)17-20-16-11(2)6-4-8-13(16)18(21)22-17/h3-9,19H,1-2H3. The third-order valence-corrected chi connectivity index (χ3v) is 4.01. The number of para-hydroxylation sites is 2. The largest absolute Gasteiger partial charge is 0.403 e. The predicted octanol–water partition coefficient (Wildman–Crippen LogP) is 3.95. The van der Waals surface area contributed by atoms with E-state index in [1.807, 2.05) is 50.4 Å². The molecule has 2 heterocycles. The van der Waals surface area contributed by atoms with Gasteiger partial charge in [0.2, 0.25) is 5.89 Å². The summed E-state index contributed by atoms with van der Waals surface area (Å²) in [6.07, 6.45) is 1.84. The Morgan fingerprint density at radius 1 is 1.00 bits per heavy atom. The molecule has 0 aliphatic heterocycles. The summed E-state index contributed by atoms with van der Waals surface area (Å²) in [5.74, 6) is 0.351. The number of nitrogens with one attached hydrogen (secondary N) is 1. The maximum atomic E-state index is 12.2. The zero-order valence-electron chi connectivity index (χ0n) is 12.3. The number of hydrogen-bond acceptors (Lipinski definition) is 3. The zero-order chi connectivity index (χ0) is 15.3. The van der Waals surface area contributed by atoms with Crippen LogP contribution >= 0.6 is 0 Å². The smallest absolute Gasteiger partial charge is 0.347 e. The van der Waals surface area contributed by atoms with E-state index >= 15 is 0 Å². The van der Waals surface area contributed by atoms with Crippen molar-refractivity contribution in [3.05, 3.63) is 64.1 Å². The van der Waals surface area contributed by atoms with Gasteiger partial charge < -0.3 is 9.40 Å². The van der Waals surface area contributed by atoms with E-state index in [1.54, 1.807) is 6.07 Å². The fourth-order valence-corrected chi connectivity index (χ4v) is 2.84. The normalized spacial score (nSPS) is 11.4. The molecule has 0 saturated carbocycles. The Morgan fingerprint density at radius 3 is 2.55 bits per heavy atom. The molecule has 22 heavy (non-hydrogen) atoms. The van der Waals surface area contributed by atoms with Crippen LogP contribution in [-0.2, 0) is 0 Å². The number of nitrogens with zero attached hydrogens (tertiary/aromatic N) is 1. The second kappa shape index (κ2) is 4.56. The highest BCUT2D eigenvalue weighted by Crippen LogP contribution is 2.29. The molecule has 0 fully saturated rings. The number of aromatic amines is 1. The average molecular weight is 290 g/mol. The molecule has 0 aliphatic carbocycles. The van der Waals surface area contributed by atoms with Crippen LogP contribution in [-0.4, -0.2) is 9.97 Å². The molecule has 0 bridgehead atoms. The molecular formula is C18H14N2O2. The number of hydrogen-bond donors (Lipinski definition) is 1. The number of H-pyrrole nitrogens is 1. The molecule has 4 aromatic rings. The van der Waals surface area contributed by atoms with Gasteiger partial charge in [-0.1, -0.05) is 30.3 Å². The van der Waals surface area contributed by atoms with Crippen molar-refractivity contribution in [3.8, 4) is 11.5 Å². The first-order chi connectivity index (χ1) is 10.6. The fourth-order valence-electron chi connectivity index (χ4n) is 2.84. The number of rotatable bonds is 1. The van der Waals surface area contributed by atoms with E-state index in [-0.39, 0.29) is 5.63 Å². The lowest BCUT2D eigenvalue weighted by Gasteiger charge is -2.03. The molecule has 0 spiro atoms. The summed E-state index contributed by atoms with van der Waals surface area (Å²) in [6, 6.07) is 11.5. The first kappa shape index (κ1) is 12.8. The van der Waals surface area contributed by atoms with Crippen molar-refractivity contribution in [2.45, 2.75) is 13.8 Å². The third kappa shape index (κ3) is 1.77. The molecule has 0 saturated heterocycles. The van der Waals surface area contributed by atoms with E-state index in [1.165, 1.54) is 0 Å². The Morgan fingerprint density at radius 2 is 1.73 bits per heavy atom. The van der Waals surface area contributed by atoms with Crippen LogP contribution in [0.5, 0.6) is 0 Å². The quantitative estimate of drug-likeness (QED) is 0.577. The van der Waals surface area contributed by atoms with E-state index < -0.39 is 0 Å².